The molecule has 0 saturated heterocycles. The van der Waals surface area contributed by atoms with E-state index in [1.807, 2.05) is 42.3 Å². The van der Waals surface area contributed by atoms with Gasteiger partial charge in [0, 0.05) is 13.6 Å². The summed E-state index contributed by atoms with van der Waals surface area (Å²) in [5.41, 5.74) is 1.74. The second-order valence-electron chi connectivity index (χ2n) is 5.05. The SMILES string of the molecule is CN(Cc1ccc2c(c1)OCCO2)c1ccc2nnnn2n1. The third-order valence-electron chi connectivity index (χ3n) is 3.47. The van der Waals surface area contributed by atoms with E-state index >= 15 is 0 Å². The highest BCUT2D eigenvalue weighted by Gasteiger charge is 2.13. The molecule has 0 radical (unpaired) electrons. The van der Waals surface area contributed by atoms with E-state index in [4.69, 9.17) is 9.47 Å². The van der Waals surface area contributed by atoms with Crippen LogP contribution in [0.4, 0.5) is 5.82 Å². The number of hydrogen-bond donors (Lipinski definition) is 0. The summed E-state index contributed by atoms with van der Waals surface area (Å²) in [5.74, 6) is 2.38. The molecule has 1 aliphatic rings. The van der Waals surface area contributed by atoms with E-state index in [1.165, 1.54) is 4.63 Å². The molecule has 0 aliphatic carbocycles. The molecule has 4 rings (SSSR count). The van der Waals surface area contributed by atoms with Gasteiger partial charge in [0.1, 0.15) is 13.2 Å². The van der Waals surface area contributed by atoms with E-state index in [0.29, 0.717) is 25.4 Å². The van der Waals surface area contributed by atoms with E-state index in [0.717, 1.165) is 22.9 Å². The predicted molar refractivity (Wildman–Crippen MR) is 78.1 cm³/mol. The third kappa shape index (κ3) is 2.28. The molecule has 2 aromatic heterocycles. The van der Waals surface area contributed by atoms with E-state index in [1.54, 1.807) is 0 Å². The van der Waals surface area contributed by atoms with Gasteiger partial charge in [0.15, 0.2) is 23.0 Å². The summed E-state index contributed by atoms with van der Waals surface area (Å²) >= 11 is 0. The number of rotatable bonds is 3. The Labute approximate surface area is 126 Å². The number of fused-ring (bicyclic) bond motifs is 2. The highest BCUT2D eigenvalue weighted by Crippen LogP contribution is 2.31. The molecular formula is C14H14N6O2. The maximum Gasteiger partial charge on any atom is 0.200 e. The molecule has 0 fully saturated rings. The van der Waals surface area contributed by atoms with Crippen molar-refractivity contribution < 1.29 is 9.47 Å². The molecule has 22 heavy (non-hydrogen) atoms. The van der Waals surface area contributed by atoms with Crippen molar-refractivity contribution >= 4 is 11.5 Å². The van der Waals surface area contributed by atoms with Crippen molar-refractivity contribution in [2.75, 3.05) is 25.2 Å². The molecule has 0 amide bonds. The van der Waals surface area contributed by atoms with Crippen molar-refractivity contribution in [3.8, 4) is 11.5 Å². The monoisotopic (exact) mass is 298 g/mol. The Kier molecular flexibility index (Phi) is 2.99. The molecule has 0 spiro atoms. The van der Waals surface area contributed by atoms with Crippen LogP contribution in [0, 0.1) is 0 Å². The Morgan fingerprint density at radius 2 is 2.00 bits per heavy atom. The Hall–Kier alpha value is -2.90. The molecule has 3 aromatic rings. The Bertz CT molecular complexity index is 818. The maximum atomic E-state index is 5.61. The van der Waals surface area contributed by atoms with Gasteiger partial charge in [0.25, 0.3) is 0 Å². The maximum absolute atomic E-state index is 5.61. The third-order valence-corrected chi connectivity index (χ3v) is 3.47. The van der Waals surface area contributed by atoms with Crippen LogP contribution in [0.15, 0.2) is 30.3 Å². The minimum Gasteiger partial charge on any atom is -0.486 e. The molecule has 0 bridgehead atoms. The predicted octanol–water partition coefficient (Wildman–Crippen LogP) is 0.927. The normalized spacial score (nSPS) is 13.3. The summed E-state index contributed by atoms with van der Waals surface area (Å²) in [7, 11) is 1.97. The largest absolute Gasteiger partial charge is 0.486 e. The molecule has 1 aromatic carbocycles. The van der Waals surface area contributed by atoms with Gasteiger partial charge >= 0.3 is 0 Å². The first-order valence-electron chi connectivity index (χ1n) is 6.95. The standard InChI is InChI=1S/C14H14N6O2/c1-19(14-5-4-13-15-17-18-20(13)16-14)9-10-2-3-11-12(8-10)22-7-6-21-11/h2-5,8H,6-7,9H2,1H3. The minimum absolute atomic E-state index is 0.587. The Balaban J connectivity index is 1.56. The summed E-state index contributed by atoms with van der Waals surface area (Å²) in [6.45, 7) is 1.88. The molecule has 0 saturated carbocycles. The van der Waals surface area contributed by atoms with Crippen LogP contribution < -0.4 is 14.4 Å². The number of hydrogen-bond acceptors (Lipinski definition) is 7. The van der Waals surface area contributed by atoms with Crippen molar-refractivity contribution in [2.24, 2.45) is 0 Å². The number of anilines is 1. The fourth-order valence-corrected chi connectivity index (χ4v) is 2.38. The van der Waals surface area contributed by atoms with Gasteiger partial charge in [0.05, 0.1) is 0 Å². The van der Waals surface area contributed by atoms with Crippen LogP contribution in [0.1, 0.15) is 5.56 Å². The lowest BCUT2D eigenvalue weighted by Crippen LogP contribution is -2.20. The van der Waals surface area contributed by atoms with Gasteiger partial charge in [-0.05, 0) is 40.3 Å². The minimum atomic E-state index is 0.587. The summed E-state index contributed by atoms with van der Waals surface area (Å²) < 4.78 is 12.6. The molecule has 3 heterocycles. The van der Waals surface area contributed by atoms with Crippen LogP contribution in [-0.4, -0.2) is 45.5 Å². The van der Waals surface area contributed by atoms with Gasteiger partial charge in [0.2, 0.25) is 0 Å². The summed E-state index contributed by atoms with van der Waals surface area (Å²) in [4.78, 5) is 2.02. The van der Waals surface area contributed by atoms with Crippen molar-refractivity contribution in [3.63, 3.8) is 0 Å². The van der Waals surface area contributed by atoms with Gasteiger partial charge in [-0.1, -0.05) is 6.07 Å². The van der Waals surface area contributed by atoms with Crippen LogP contribution in [0.3, 0.4) is 0 Å². The van der Waals surface area contributed by atoms with Crippen LogP contribution in [0.2, 0.25) is 0 Å². The second kappa shape index (κ2) is 5.14. The van der Waals surface area contributed by atoms with Gasteiger partial charge in [-0.3, -0.25) is 0 Å². The fraction of sp³-hybridized carbons (Fsp3) is 0.286. The van der Waals surface area contributed by atoms with Crippen LogP contribution in [-0.2, 0) is 6.54 Å². The zero-order valence-corrected chi connectivity index (χ0v) is 12.0. The molecular weight excluding hydrogens is 284 g/mol. The Morgan fingerprint density at radius 1 is 1.14 bits per heavy atom. The quantitative estimate of drug-likeness (QED) is 0.711. The lowest BCUT2D eigenvalue weighted by atomic mass is 10.2. The molecule has 0 atom stereocenters. The summed E-state index contributed by atoms with van der Waals surface area (Å²) in [6.07, 6.45) is 0. The zero-order chi connectivity index (χ0) is 14.9. The molecule has 8 heteroatoms. The Morgan fingerprint density at radius 3 is 2.91 bits per heavy atom. The first-order valence-corrected chi connectivity index (χ1v) is 6.95. The van der Waals surface area contributed by atoms with Crippen molar-refractivity contribution in [2.45, 2.75) is 6.54 Å². The number of aromatic nitrogens is 5. The lowest BCUT2D eigenvalue weighted by molar-refractivity contribution is 0.171. The van der Waals surface area contributed by atoms with Gasteiger partial charge < -0.3 is 14.4 Å². The van der Waals surface area contributed by atoms with E-state index in [9.17, 15) is 0 Å². The molecule has 0 unspecified atom stereocenters. The van der Waals surface area contributed by atoms with Gasteiger partial charge in [-0.15, -0.1) is 14.8 Å². The highest BCUT2D eigenvalue weighted by atomic mass is 16.6. The lowest BCUT2D eigenvalue weighted by Gasteiger charge is -2.21. The number of tetrazole rings is 1. The molecule has 1 aliphatic heterocycles. The van der Waals surface area contributed by atoms with Crippen LogP contribution in [0.25, 0.3) is 5.65 Å². The van der Waals surface area contributed by atoms with Gasteiger partial charge in [-0.2, -0.15) is 0 Å². The first kappa shape index (κ1) is 12.8. The zero-order valence-electron chi connectivity index (χ0n) is 12.0. The average molecular weight is 298 g/mol. The number of benzene rings is 1. The smallest absolute Gasteiger partial charge is 0.200 e. The molecule has 8 nitrogen and oxygen atoms in total. The van der Waals surface area contributed by atoms with Crippen molar-refractivity contribution in [1.82, 2.24) is 25.3 Å². The van der Waals surface area contributed by atoms with Crippen molar-refractivity contribution in [3.05, 3.63) is 35.9 Å². The second-order valence-corrected chi connectivity index (χ2v) is 5.05. The summed E-state index contributed by atoms with van der Waals surface area (Å²) in [5, 5.41) is 15.6. The number of ether oxygens (including phenoxy) is 2. The average Bonchev–Trinajstić information content (AvgIpc) is 3.02. The van der Waals surface area contributed by atoms with E-state index < -0.39 is 0 Å². The number of nitrogens with zero attached hydrogens (tertiary/aromatic N) is 6. The van der Waals surface area contributed by atoms with Crippen molar-refractivity contribution in [1.29, 1.82) is 0 Å². The van der Waals surface area contributed by atoms with Crippen LogP contribution in [0.5, 0.6) is 11.5 Å². The molecule has 0 N–H and O–H groups in total. The van der Waals surface area contributed by atoms with E-state index in [2.05, 4.69) is 20.6 Å². The van der Waals surface area contributed by atoms with Crippen LogP contribution >= 0.6 is 0 Å². The van der Waals surface area contributed by atoms with E-state index in [-0.39, 0.29) is 0 Å². The summed E-state index contributed by atoms with van der Waals surface area (Å²) in [6, 6.07) is 9.70. The molecule has 112 valence electrons. The topological polar surface area (TPSA) is 77.7 Å². The highest BCUT2D eigenvalue weighted by molar-refractivity contribution is 5.47. The fourth-order valence-electron chi connectivity index (χ4n) is 2.38. The first-order chi connectivity index (χ1) is 10.8. The van der Waals surface area contributed by atoms with Gasteiger partial charge in [-0.25, -0.2) is 0 Å².